The predicted molar refractivity (Wildman–Crippen MR) is 110 cm³/mol. The fourth-order valence-corrected chi connectivity index (χ4v) is 3.60. The molecule has 0 bridgehead atoms. The summed E-state index contributed by atoms with van der Waals surface area (Å²) in [7, 11) is 0. The number of hydrogen-bond acceptors (Lipinski definition) is 4. The molecule has 0 spiro atoms. The quantitative estimate of drug-likeness (QED) is 0.812. The summed E-state index contributed by atoms with van der Waals surface area (Å²) >= 11 is 0. The molecule has 0 saturated carbocycles. The standard InChI is InChI=1S/C22H32N4/c1-7-16(4)23-21-24-19(15(2)3)12-20(25-21)26-13-17-10-8-9-11-18(17)22(5,6)14-26/h8-12,15-16H,7,13-14H2,1-6H3,(H,23,24,25)/t16-/m0/s1. The van der Waals surface area contributed by atoms with Crippen LogP contribution in [0.15, 0.2) is 30.3 Å². The van der Waals surface area contributed by atoms with Crippen molar-refractivity contribution in [1.29, 1.82) is 0 Å². The molecule has 140 valence electrons. The Bertz CT molecular complexity index is 766. The molecule has 1 aliphatic rings. The Kier molecular flexibility index (Phi) is 5.22. The van der Waals surface area contributed by atoms with E-state index < -0.39 is 0 Å². The van der Waals surface area contributed by atoms with Crippen molar-refractivity contribution >= 4 is 11.8 Å². The van der Waals surface area contributed by atoms with Gasteiger partial charge in [0.1, 0.15) is 5.82 Å². The molecular formula is C22H32N4. The molecule has 2 heterocycles. The first-order chi connectivity index (χ1) is 12.3. The molecule has 0 aliphatic carbocycles. The van der Waals surface area contributed by atoms with Crippen molar-refractivity contribution in [2.75, 3.05) is 16.8 Å². The van der Waals surface area contributed by atoms with Gasteiger partial charge in [-0.1, -0.05) is 58.9 Å². The van der Waals surface area contributed by atoms with E-state index in [2.05, 4.69) is 82.1 Å². The van der Waals surface area contributed by atoms with Crippen LogP contribution in [-0.4, -0.2) is 22.6 Å². The lowest BCUT2D eigenvalue weighted by Crippen LogP contribution is -2.42. The minimum atomic E-state index is 0.0993. The summed E-state index contributed by atoms with van der Waals surface area (Å²) in [6, 6.07) is 11.3. The minimum Gasteiger partial charge on any atom is -0.352 e. The van der Waals surface area contributed by atoms with Gasteiger partial charge in [0.25, 0.3) is 0 Å². The lowest BCUT2D eigenvalue weighted by molar-refractivity contribution is 0.474. The van der Waals surface area contributed by atoms with Crippen LogP contribution in [-0.2, 0) is 12.0 Å². The Labute approximate surface area is 158 Å². The van der Waals surface area contributed by atoms with E-state index in [4.69, 9.17) is 9.97 Å². The average Bonchev–Trinajstić information content (AvgIpc) is 2.60. The summed E-state index contributed by atoms with van der Waals surface area (Å²) in [5.74, 6) is 2.15. The van der Waals surface area contributed by atoms with Crippen molar-refractivity contribution in [3.05, 3.63) is 47.2 Å². The average molecular weight is 353 g/mol. The van der Waals surface area contributed by atoms with Crippen molar-refractivity contribution in [1.82, 2.24) is 9.97 Å². The number of hydrogen-bond donors (Lipinski definition) is 1. The Hall–Kier alpha value is -2.10. The van der Waals surface area contributed by atoms with Crippen LogP contribution in [0.1, 0.15) is 70.7 Å². The van der Waals surface area contributed by atoms with Gasteiger partial charge in [0.2, 0.25) is 5.95 Å². The fourth-order valence-electron chi connectivity index (χ4n) is 3.60. The second-order valence-electron chi connectivity index (χ2n) is 8.48. The van der Waals surface area contributed by atoms with Gasteiger partial charge < -0.3 is 10.2 Å². The number of aromatic nitrogens is 2. The summed E-state index contributed by atoms with van der Waals surface area (Å²) in [6.45, 7) is 15.2. The van der Waals surface area contributed by atoms with Crippen LogP contribution in [0.3, 0.4) is 0 Å². The van der Waals surface area contributed by atoms with Crippen LogP contribution in [0.25, 0.3) is 0 Å². The first-order valence-electron chi connectivity index (χ1n) is 9.79. The molecule has 1 aromatic carbocycles. The highest BCUT2D eigenvalue weighted by Crippen LogP contribution is 2.35. The number of anilines is 2. The Morgan fingerprint density at radius 1 is 1.15 bits per heavy atom. The van der Waals surface area contributed by atoms with Gasteiger partial charge in [-0.3, -0.25) is 0 Å². The molecule has 3 rings (SSSR count). The summed E-state index contributed by atoms with van der Waals surface area (Å²) in [4.78, 5) is 12.0. The molecule has 0 amide bonds. The first kappa shape index (κ1) is 18.7. The Morgan fingerprint density at radius 3 is 2.58 bits per heavy atom. The highest BCUT2D eigenvalue weighted by atomic mass is 15.2. The third-order valence-corrected chi connectivity index (χ3v) is 5.33. The molecule has 4 nitrogen and oxygen atoms in total. The van der Waals surface area contributed by atoms with Gasteiger partial charge in [0, 0.05) is 30.6 Å². The van der Waals surface area contributed by atoms with Crippen LogP contribution in [0.4, 0.5) is 11.8 Å². The largest absolute Gasteiger partial charge is 0.352 e. The molecule has 0 radical (unpaired) electrons. The number of nitrogens with zero attached hydrogens (tertiary/aromatic N) is 3. The van der Waals surface area contributed by atoms with E-state index >= 15 is 0 Å². The van der Waals surface area contributed by atoms with Crippen molar-refractivity contribution in [3.8, 4) is 0 Å². The van der Waals surface area contributed by atoms with Gasteiger partial charge in [-0.2, -0.15) is 4.98 Å². The van der Waals surface area contributed by atoms with Crippen LogP contribution >= 0.6 is 0 Å². The number of fused-ring (bicyclic) bond motifs is 1. The molecule has 0 fully saturated rings. The summed E-state index contributed by atoms with van der Waals surface area (Å²) in [6.07, 6.45) is 1.05. The van der Waals surface area contributed by atoms with E-state index in [0.29, 0.717) is 12.0 Å². The number of nitrogens with one attached hydrogen (secondary N) is 1. The van der Waals surface area contributed by atoms with Crippen molar-refractivity contribution < 1.29 is 0 Å². The molecule has 0 unspecified atom stereocenters. The molecule has 1 N–H and O–H groups in total. The SMILES string of the molecule is CC[C@H](C)Nc1nc(C(C)C)cc(N2Cc3ccccc3C(C)(C)C2)n1. The molecule has 1 atom stereocenters. The normalized spacial score (nSPS) is 17.1. The smallest absolute Gasteiger partial charge is 0.225 e. The van der Waals surface area contributed by atoms with E-state index in [1.807, 2.05) is 0 Å². The number of benzene rings is 1. The zero-order valence-corrected chi connectivity index (χ0v) is 17.0. The van der Waals surface area contributed by atoms with Crippen LogP contribution in [0, 0.1) is 0 Å². The highest BCUT2D eigenvalue weighted by Gasteiger charge is 2.32. The van der Waals surface area contributed by atoms with Gasteiger partial charge in [-0.05, 0) is 30.4 Å². The second kappa shape index (κ2) is 7.26. The van der Waals surface area contributed by atoms with Crippen LogP contribution in [0.2, 0.25) is 0 Å². The van der Waals surface area contributed by atoms with Gasteiger partial charge in [-0.15, -0.1) is 0 Å². The van der Waals surface area contributed by atoms with Crippen molar-refractivity contribution in [2.24, 2.45) is 0 Å². The summed E-state index contributed by atoms with van der Waals surface area (Å²) in [5.41, 5.74) is 4.04. The third-order valence-electron chi connectivity index (χ3n) is 5.33. The Balaban J connectivity index is 1.98. The van der Waals surface area contributed by atoms with Crippen molar-refractivity contribution in [2.45, 2.75) is 71.9 Å². The maximum Gasteiger partial charge on any atom is 0.225 e. The topological polar surface area (TPSA) is 41.1 Å². The van der Waals surface area contributed by atoms with Crippen LogP contribution < -0.4 is 10.2 Å². The zero-order chi connectivity index (χ0) is 18.9. The lowest BCUT2D eigenvalue weighted by atomic mass is 9.78. The maximum absolute atomic E-state index is 4.87. The molecule has 1 aromatic heterocycles. The van der Waals surface area contributed by atoms with E-state index in [1.165, 1.54) is 11.1 Å². The number of rotatable bonds is 5. The highest BCUT2D eigenvalue weighted by molar-refractivity contribution is 5.51. The molecule has 0 saturated heterocycles. The zero-order valence-electron chi connectivity index (χ0n) is 17.0. The molecule has 2 aromatic rings. The van der Waals surface area contributed by atoms with Gasteiger partial charge >= 0.3 is 0 Å². The van der Waals surface area contributed by atoms with E-state index in [9.17, 15) is 0 Å². The molecule has 1 aliphatic heterocycles. The first-order valence-corrected chi connectivity index (χ1v) is 9.79. The van der Waals surface area contributed by atoms with E-state index in [-0.39, 0.29) is 5.41 Å². The molecular weight excluding hydrogens is 320 g/mol. The summed E-state index contributed by atoms with van der Waals surface area (Å²) < 4.78 is 0. The van der Waals surface area contributed by atoms with Crippen molar-refractivity contribution in [3.63, 3.8) is 0 Å². The maximum atomic E-state index is 4.87. The third kappa shape index (κ3) is 3.84. The van der Waals surface area contributed by atoms with Crippen LogP contribution in [0.5, 0.6) is 0 Å². The second-order valence-corrected chi connectivity index (χ2v) is 8.48. The predicted octanol–water partition coefficient (Wildman–Crippen LogP) is 5.11. The minimum absolute atomic E-state index is 0.0993. The molecule has 4 heteroatoms. The van der Waals surface area contributed by atoms with E-state index in [1.54, 1.807) is 0 Å². The summed E-state index contributed by atoms with van der Waals surface area (Å²) in [5, 5.41) is 3.46. The Morgan fingerprint density at radius 2 is 1.88 bits per heavy atom. The van der Waals surface area contributed by atoms with Gasteiger partial charge in [0.15, 0.2) is 0 Å². The van der Waals surface area contributed by atoms with Gasteiger partial charge in [0.05, 0.1) is 5.69 Å². The van der Waals surface area contributed by atoms with E-state index in [0.717, 1.165) is 37.0 Å². The molecule has 26 heavy (non-hydrogen) atoms. The lowest BCUT2D eigenvalue weighted by Gasteiger charge is -2.40. The monoisotopic (exact) mass is 352 g/mol. The van der Waals surface area contributed by atoms with Gasteiger partial charge in [-0.25, -0.2) is 4.98 Å². The fraction of sp³-hybridized carbons (Fsp3) is 0.545.